The van der Waals surface area contributed by atoms with Crippen molar-refractivity contribution < 1.29 is 19.1 Å². The summed E-state index contributed by atoms with van der Waals surface area (Å²) in [6.45, 7) is 7.61. The highest BCUT2D eigenvalue weighted by Crippen LogP contribution is 2.34. The summed E-state index contributed by atoms with van der Waals surface area (Å²) >= 11 is 0. The maximum absolute atomic E-state index is 12.7. The standard InChI is InChI=1S/C23H31N3O4/c1-5-29-21(27)18-14(2)25-16-11-8-12-17(19(16)20(18)24)30-13-23(3,4)22(28)26-15-9-6-7-10-15/h8,11-12,15H,5-7,9-10,13H2,1-4H3,(H2,24,25)(H,26,28). The summed E-state index contributed by atoms with van der Waals surface area (Å²) < 4.78 is 11.2. The molecule has 1 aromatic carbocycles. The van der Waals surface area contributed by atoms with Gasteiger partial charge in [0.25, 0.3) is 0 Å². The molecule has 2 aromatic rings. The van der Waals surface area contributed by atoms with E-state index < -0.39 is 11.4 Å². The lowest BCUT2D eigenvalue weighted by molar-refractivity contribution is -0.131. The third-order valence-electron chi connectivity index (χ3n) is 5.57. The van der Waals surface area contributed by atoms with Crippen LogP contribution < -0.4 is 15.8 Å². The summed E-state index contributed by atoms with van der Waals surface area (Å²) in [4.78, 5) is 29.6. The van der Waals surface area contributed by atoms with Gasteiger partial charge in [0.2, 0.25) is 5.91 Å². The third kappa shape index (κ3) is 4.50. The number of carbonyl (C=O) groups is 2. The molecule has 1 fully saturated rings. The highest BCUT2D eigenvalue weighted by molar-refractivity contribution is 6.07. The second-order valence-electron chi connectivity index (χ2n) is 8.48. The molecule has 30 heavy (non-hydrogen) atoms. The molecule has 3 N–H and O–H groups in total. The summed E-state index contributed by atoms with van der Waals surface area (Å²) in [6, 6.07) is 5.66. The average Bonchev–Trinajstić information content (AvgIpc) is 3.19. The van der Waals surface area contributed by atoms with Crippen molar-refractivity contribution in [2.24, 2.45) is 5.41 Å². The van der Waals surface area contributed by atoms with Crippen LogP contribution in [0.4, 0.5) is 5.69 Å². The van der Waals surface area contributed by atoms with Crippen LogP contribution in [0.1, 0.15) is 62.5 Å². The van der Waals surface area contributed by atoms with E-state index in [1.54, 1.807) is 19.9 Å². The number of rotatable bonds is 7. The van der Waals surface area contributed by atoms with Crippen LogP contribution in [-0.2, 0) is 9.53 Å². The highest BCUT2D eigenvalue weighted by atomic mass is 16.5. The molecular weight excluding hydrogens is 382 g/mol. The molecule has 0 radical (unpaired) electrons. The number of hydrogen-bond acceptors (Lipinski definition) is 6. The fraction of sp³-hybridized carbons (Fsp3) is 0.522. The van der Waals surface area contributed by atoms with Crippen LogP contribution in [-0.4, -0.2) is 36.1 Å². The predicted molar refractivity (Wildman–Crippen MR) is 117 cm³/mol. The van der Waals surface area contributed by atoms with Gasteiger partial charge in [-0.2, -0.15) is 0 Å². The fourth-order valence-electron chi connectivity index (χ4n) is 3.80. The molecule has 1 amide bonds. The average molecular weight is 414 g/mol. The molecule has 0 atom stereocenters. The minimum atomic E-state index is -0.721. The Bertz CT molecular complexity index is 949. The van der Waals surface area contributed by atoms with Gasteiger partial charge in [-0.1, -0.05) is 18.9 Å². The van der Waals surface area contributed by atoms with Crippen LogP contribution in [0.2, 0.25) is 0 Å². The summed E-state index contributed by atoms with van der Waals surface area (Å²) in [5.74, 6) is -0.0402. The summed E-state index contributed by atoms with van der Waals surface area (Å²) in [5, 5.41) is 3.69. The van der Waals surface area contributed by atoms with Gasteiger partial charge >= 0.3 is 5.97 Å². The van der Waals surface area contributed by atoms with Crippen molar-refractivity contribution in [3.63, 3.8) is 0 Å². The van der Waals surface area contributed by atoms with Crippen molar-refractivity contribution >= 4 is 28.5 Å². The van der Waals surface area contributed by atoms with E-state index in [4.69, 9.17) is 15.2 Å². The lowest BCUT2D eigenvalue weighted by atomic mass is 9.93. The first kappa shape index (κ1) is 21.9. The first-order chi connectivity index (χ1) is 14.2. The van der Waals surface area contributed by atoms with Crippen molar-refractivity contribution in [1.29, 1.82) is 0 Å². The van der Waals surface area contributed by atoms with Gasteiger partial charge in [0, 0.05) is 6.04 Å². The Labute approximate surface area is 177 Å². The maximum atomic E-state index is 12.7. The summed E-state index contributed by atoms with van der Waals surface area (Å²) in [6.07, 6.45) is 4.38. The van der Waals surface area contributed by atoms with Crippen molar-refractivity contribution in [3.8, 4) is 5.75 Å². The molecule has 1 aliphatic rings. The van der Waals surface area contributed by atoms with Gasteiger partial charge in [0.05, 0.1) is 34.3 Å². The number of benzene rings is 1. The van der Waals surface area contributed by atoms with Gasteiger partial charge in [-0.3, -0.25) is 9.78 Å². The van der Waals surface area contributed by atoms with E-state index in [1.165, 1.54) is 0 Å². The monoisotopic (exact) mass is 413 g/mol. The minimum Gasteiger partial charge on any atom is -0.492 e. The zero-order chi connectivity index (χ0) is 21.9. The Kier molecular flexibility index (Phi) is 6.48. The molecule has 1 aromatic heterocycles. The molecule has 0 saturated heterocycles. The predicted octanol–water partition coefficient (Wildman–Crippen LogP) is 3.77. The van der Waals surface area contributed by atoms with Gasteiger partial charge in [-0.25, -0.2) is 4.79 Å². The van der Waals surface area contributed by atoms with Crippen molar-refractivity contribution in [2.45, 2.75) is 59.4 Å². The zero-order valence-corrected chi connectivity index (χ0v) is 18.2. The van der Waals surface area contributed by atoms with Crippen molar-refractivity contribution in [2.75, 3.05) is 18.9 Å². The number of amides is 1. The molecular formula is C23H31N3O4. The number of ether oxygens (including phenoxy) is 2. The second-order valence-corrected chi connectivity index (χ2v) is 8.48. The third-order valence-corrected chi connectivity index (χ3v) is 5.57. The van der Waals surface area contributed by atoms with Gasteiger partial charge in [0.15, 0.2) is 0 Å². The molecule has 0 unspecified atom stereocenters. The molecule has 1 heterocycles. The molecule has 162 valence electrons. The SMILES string of the molecule is CCOC(=O)c1c(C)nc2cccc(OCC(C)(C)C(=O)NC3CCCC3)c2c1N. The van der Waals surface area contributed by atoms with E-state index in [0.717, 1.165) is 25.7 Å². The van der Waals surface area contributed by atoms with Crippen LogP contribution in [0.3, 0.4) is 0 Å². The Morgan fingerprint density at radius 2 is 1.97 bits per heavy atom. The normalized spacial score (nSPS) is 14.7. The molecule has 0 spiro atoms. The molecule has 0 aliphatic heterocycles. The van der Waals surface area contributed by atoms with E-state index in [0.29, 0.717) is 22.3 Å². The van der Waals surface area contributed by atoms with Crippen LogP contribution in [0.25, 0.3) is 10.9 Å². The number of aromatic nitrogens is 1. The molecule has 7 heteroatoms. The summed E-state index contributed by atoms with van der Waals surface area (Å²) in [7, 11) is 0. The molecule has 1 aliphatic carbocycles. The van der Waals surface area contributed by atoms with Crippen molar-refractivity contribution in [3.05, 3.63) is 29.5 Å². The summed E-state index contributed by atoms with van der Waals surface area (Å²) in [5.41, 5.74) is 7.30. The van der Waals surface area contributed by atoms with Crippen molar-refractivity contribution in [1.82, 2.24) is 10.3 Å². The highest BCUT2D eigenvalue weighted by Gasteiger charge is 2.31. The van der Waals surface area contributed by atoms with Crippen LogP contribution >= 0.6 is 0 Å². The van der Waals surface area contributed by atoms with Crippen LogP contribution in [0.5, 0.6) is 5.75 Å². The second kappa shape index (κ2) is 8.90. The number of fused-ring (bicyclic) bond motifs is 1. The van der Waals surface area contributed by atoms with Crippen LogP contribution in [0, 0.1) is 12.3 Å². The first-order valence-electron chi connectivity index (χ1n) is 10.5. The van der Waals surface area contributed by atoms with E-state index in [-0.39, 0.29) is 36.4 Å². The maximum Gasteiger partial charge on any atom is 0.342 e. The van der Waals surface area contributed by atoms with E-state index in [2.05, 4.69) is 10.3 Å². The number of esters is 1. The van der Waals surface area contributed by atoms with Gasteiger partial charge in [-0.15, -0.1) is 0 Å². The number of nitrogen functional groups attached to an aromatic ring is 1. The number of nitrogens with two attached hydrogens (primary N) is 1. The topological polar surface area (TPSA) is 104 Å². The number of pyridine rings is 1. The number of aryl methyl sites for hydroxylation is 1. The number of anilines is 1. The molecule has 7 nitrogen and oxygen atoms in total. The Morgan fingerprint density at radius 1 is 1.27 bits per heavy atom. The zero-order valence-electron chi connectivity index (χ0n) is 18.2. The molecule has 1 saturated carbocycles. The van der Waals surface area contributed by atoms with E-state index >= 15 is 0 Å². The number of hydrogen-bond donors (Lipinski definition) is 2. The number of nitrogens with zero attached hydrogens (tertiary/aromatic N) is 1. The Morgan fingerprint density at radius 3 is 2.63 bits per heavy atom. The molecule has 0 bridgehead atoms. The fourth-order valence-corrected chi connectivity index (χ4v) is 3.80. The molecule has 3 rings (SSSR count). The van der Waals surface area contributed by atoms with E-state index in [9.17, 15) is 9.59 Å². The quantitative estimate of drug-likeness (QED) is 0.670. The first-order valence-corrected chi connectivity index (χ1v) is 10.5. The largest absolute Gasteiger partial charge is 0.492 e. The van der Waals surface area contributed by atoms with Gasteiger partial charge in [0.1, 0.15) is 17.9 Å². The number of carbonyl (C=O) groups excluding carboxylic acids is 2. The minimum absolute atomic E-state index is 0.0243. The number of nitrogens with one attached hydrogen (secondary N) is 1. The van der Waals surface area contributed by atoms with E-state index in [1.807, 2.05) is 26.0 Å². The smallest absolute Gasteiger partial charge is 0.342 e. The van der Waals surface area contributed by atoms with Gasteiger partial charge < -0.3 is 20.5 Å². The van der Waals surface area contributed by atoms with Gasteiger partial charge in [-0.05, 0) is 52.7 Å². The Hall–Kier alpha value is -2.83. The Balaban J connectivity index is 1.85. The lowest BCUT2D eigenvalue weighted by Gasteiger charge is -2.26. The lowest BCUT2D eigenvalue weighted by Crippen LogP contribution is -2.44. The van der Waals surface area contributed by atoms with Crippen LogP contribution in [0.15, 0.2) is 18.2 Å².